The second-order valence-corrected chi connectivity index (χ2v) is 6.25. The van der Waals surface area contributed by atoms with E-state index in [0.717, 1.165) is 5.56 Å². The summed E-state index contributed by atoms with van der Waals surface area (Å²) in [6.45, 7) is 3.50. The number of hydrogen-bond donors (Lipinski definition) is 0. The van der Waals surface area contributed by atoms with Gasteiger partial charge in [0.25, 0.3) is 16.0 Å². The summed E-state index contributed by atoms with van der Waals surface area (Å²) < 4.78 is 53.9. The highest BCUT2D eigenvalue weighted by molar-refractivity contribution is 7.86. The van der Waals surface area contributed by atoms with Gasteiger partial charge in [-0.25, -0.2) is 8.78 Å². The molecule has 1 aliphatic carbocycles. The Bertz CT molecular complexity index is 559. The maximum absolute atomic E-state index is 12.6. The van der Waals surface area contributed by atoms with E-state index in [1.807, 2.05) is 6.92 Å². The fraction of sp³-hybridized carbons (Fsp3) is 0.500. The van der Waals surface area contributed by atoms with Gasteiger partial charge >= 0.3 is 0 Å². The molecule has 1 aromatic carbocycles. The van der Waals surface area contributed by atoms with E-state index in [1.165, 1.54) is 6.07 Å². The summed E-state index contributed by atoms with van der Waals surface area (Å²) in [6.07, 6.45) is -1.97. The molecule has 0 saturated heterocycles. The third-order valence-electron chi connectivity index (χ3n) is 2.92. The highest BCUT2D eigenvalue weighted by atomic mass is 32.2. The molecule has 0 N–H and O–H groups in total. The highest BCUT2D eigenvalue weighted by Gasteiger charge is 2.48. The maximum atomic E-state index is 12.6. The highest BCUT2D eigenvalue weighted by Crippen LogP contribution is 2.40. The second kappa shape index (κ2) is 4.28. The van der Waals surface area contributed by atoms with E-state index in [0.29, 0.717) is 5.56 Å². The third-order valence-corrected chi connectivity index (χ3v) is 4.44. The summed E-state index contributed by atoms with van der Waals surface area (Å²) in [7, 11) is -3.95. The van der Waals surface area contributed by atoms with Crippen molar-refractivity contribution in [2.45, 2.75) is 43.6 Å². The zero-order chi connectivity index (χ0) is 13.6. The number of hydrogen-bond acceptors (Lipinski definition) is 3. The van der Waals surface area contributed by atoms with Crippen molar-refractivity contribution >= 4 is 10.1 Å². The first kappa shape index (κ1) is 13.4. The van der Waals surface area contributed by atoms with Crippen molar-refractivity contribution in [3.63, 3.8) is 0 Å². The second-order valence-electron chi connectivity index (χ2n) is 4.71. The lowest BCUT2D eigenvalue weighted by atomic mass is 9.91. The topological polar surface area (TPSA) is 43.4 Å². The van der Waals surface area contributed by atoms with Crippen LogP contribution in [0.1, 0.15) is 24.0 Å². The van der Waals surface area contributed by atoms with E-state index < -0.39 is 35.0 Å². The summed E-state index contributed by atoms with van der Waals surface area (Å²) >= 11 is 0. The Balaban J connectivity index is 2.16. The van der Waals surface area contributed by atoms with Gasteiger partial charge in [-0.2, -0.15) is 8.42 Å². The van der Waals surface area contributed by atoms with Gasteiger partial charge in [0.1, 0.15) is 0 Å². The van der Waals surface area contributed by atoms with E-state index in [4.69, 9.17) is 4.18 Å². The molecule has 18 heavy (non-hydrogen) atoms. The Hall–Kier alpha value is -1.01. The Morgan fingerprint density at radius 2 is 1.89 bits per heavy atom. The van der Waals surface area contributed by atoms with Crippen molar-refractivity contribution in [2.24, 2.45) is 0 Å². The molecule has 0 amide bonds. The van der Waals surface area contributed by atoms with Crippen molar-refractivity contribution in [1.82, 2.24) is 0 Å². The molecule has 1 aliphatic rings. The first-order valence-electron chi connectivity index (χ1n) is 5.58. The van der Waals surface area contributed by atoms with Gasteiger partial charge in [-0.3, -0.25) is 4.18 Å². The summed E-state index contributed by atoms with van der Waals surface area (Å²) in [5.74, 6) is -2.79. The van der Waals surface area contributed by atoms with E-state index in [-0.39, 0.29) is 4.90 Å². The molecule has 3 nitrogen and oxygen atoms in total. The SMILES string of the molecule is Cc1ccc(S(=O)(=O)OC2CC(F)(F)C2)c(C)c1. The first-order valence-corrected chi connectivity index (χ1v) is 6.99. The minimum atomic E-state index is -3.95. The van der Waals surface area contributed by atoms with Gasteiger partial charge in [-0.15, -0.1) is 0 Å². The molecule has 1 aromatic rings. The molecule has 0 unspecified atom stereocenters. The van der Waals surface area contributed by atoms with Crippen LogP contribution in [0.2, 0.25) is 0 Å². The number of alkyl halides is 2. The molecule has 0 heterocycles. The lowest BCUT2D eigenvalue weighted by Gasteiger charge is -2.33. The summed E-state index contributed by atoms with van der Waals surface area (Å²) in [4.78, 5) is 0.0447. The van der Waals surface area contributed by atoms with Gasteiger partial charge in [0, 0.05) is 12.8 Å². The number of halogens is 2. The van der Waals surface area contributed by atoms with Crippen LogP contribution in [-0.4, -0.2) is 20.4 Å². The van der Waals surface area contributed by atoms with Crippen molar-refractivity contribution in [3.05, 3.63) is 29.3 Å². The molecule has 0 aromatic heterocycles. The van der Waals surface area contributed by atoms with E-state index >= 15 is 0 Å². The van der Waals surface area contributed by atoms with Crippen LogP contribution in [-0.2, 0) is 14.3 Å². The zero-order valence-corrected chi connectivity index (χ0v) is 10.9. The Morgan fingerprint density at radius 3 is 2.39 bits per heavy atom. The molecule has 6 heteroatoms. The maximum Gasteiger partial charge on any atom is 0.297 e. The Morgan fingerprint density at radius 1 is 1.28 bits per heavy atom. The molecule has 0 radical (unpaired) electrons. The summed E-state index contributed by atoms with van der Waals surface area (Å²) in [5.41, 5.74) is 1.49. The average molecular weight is 276 g/mol. The molecule has 0 bridgehead atoms. The van der Waals surface area contributed by atoms with Gasteiger partial charge in [0.15, 0.2) is 0 Å². The van der Waals surface area contributed by atoms with E-state index in [2.05, 4.69) is 0 Å². The van der Waals surface area contributed by atoms with Gasteiger partial charge in [-0.1, -0.05) is 17.7 Å². The van der Waals surface area contributed by atoms with Gasteiger partial charge in [0.05, 0.1) is 11.0 Å². The summed E-state index contributed by atoms with van der Waals surface area (Å²) in [5, 5.41) is 0. The van der Waals surface area contributed by atoms with Crippen molar-refractivity contribution < 1.29 is 21.4 Å². The fourth-order valence-corrected chi connectivity index (χ4v) is 3.27. The molecule has 0 spiro atoms. The van der Waals surface area contributed by atoms with Gasteiger partial charge in [-0.05, 0) is 25.5 Å². The van der Waals surface area contributed by atoms with Crippen LogP contribution in [0.4, 0.5) is 8.78 Å². The van der Waals surface area contributed by atoms with Crippen LogP contribution in [0.15, 0.2) is 23.1 Å². The first-order chi connectivity index (χ1) is 8.20. The van der Waals surface area contributed by atoms with Gasteiger partial charge in [0.2, 0.25) is 0 Å². The quantitative estimate of drug-likeness (QED) is 0.797. The van der Waals surface area contributed by atoms with Crippen LogP contribution in [0.3, 0.4) is 0 Å². The molecule has 100 valence electrons. The lowest BCUT2D eigenvalue weighted by Crippen LogP contribution is -2.42. The number of benzene rings is 1. The van der Waals surface area contributed by atoms with Crippen molar-refractivity contribution in [3.8, 4) is 0 Å². The molecular formula is C12H14F2O3S. The monoisotopic (exact) mass is 276 g/mol. The predicted molar refractivity (Wildman–Crippen MR) is 62.2 cm³/mol. The van der Waals surface area contributed by atoms with Crippen LogP contribution in [0.25, 0.3) is 0 Å². The Kier molecular flexibility index (Phi) is 3.19. The standard InChI is InChI=1S/C12H14F2O3S/c1-8-3-4-11(9(2)5-8)18(15,16)17-10-6-12(13,14)7-10/h3-5,10H,6-7H2,1-2H3. The van der Waals surface area contributed by atoms with E-state index in [9.17, 15) is 17.2 Å². The molecule has 1 fully saturated rings. The van der Waals surface area contributed by atoms with Crippen molar-refractivity contribution in [2.75, 3.05) is 0 Å². The lowest BCUT2D eigenvalue weighted by molar-refractivity contribution is -0.132. The van der Waals surface area contributed by atoms with Crippen LogP contribution < -0.4 is 0 Å². The van der Waals surface area contributed by atoms with Crippen LogP contribution in [0.5, 0.6) is 0 Å². The molecule has 1 saturated carbocycles. The molecule has 0 aliphatic heterocycles. The molecule has 2 rings (SSSR count). The van der Waals surface area contributed by atoms with E-state index in [1.54, 1.807) is 19.1 Å². The largest absolute Gasteiger partial charge is 0.297 e. The smallest absolute Gasteiger partial charge is 0.263 e. The minimum absolute atomic E-state index is 0.0447. The summed E-state index contributed by atoms with van der Waals surface area (Å²) in [6, 6.07) is 4.81. The van der Waals surface area contributed by atoms with Crippen LogP contribution >= 0.6 is 0 Å². The Labute approximate surface area is 105 Å². The van der Waals surface area contributed by atoms with Crippen LogP contribution in [0, 0.1) is 13.8 Å². The number of rotatable bonds is 3. The zero-order valence-electron chi connectivity index (χ0n) is 10.1. The fourth-order valence-electron chi connectivity index (χ4n) is 1.99. The minimum Gasteiger partial charge on any atom is -0.263 e. The van der Waals surface area contributed by atoms with Crippen molar-refractivity contribution in [1.29, 1.82) is 0 Å². The molecule has 0 atom stereocenters. The average Bonchev–Trinajstić information content (AvgIpc) is 2.12. The third kappa shape index (κ3) is 2.70. The van der Waals surface area contributed by atoms with Gasteiger partial charge < -0.3 is 0 Å². The molecular weight excluding hydrogens is 262 g/mol. The predicted octanol–water partition coefficient (Wildman–Crippen LogP) is 2.81. The normalized spacial score (nSPS) is 19.6. The number of aryl methyl sites for hydroxylation is 2.